The lowest BCUT2D eigenvalue weighted by molar-refractivity contribution is -0.140. The smallest absolute Gasteiger partial charge is 0.306 e. The van der Waals surface area contributed by atoms with Crippen LogP contribution in [0, 0.1) is 0 Å². The fourth-order valence-corrected chi connectivity index (χ4v) is 2.50. The lowest BCUT2D eigenvalue weighted by Crippen LogP contribution is -2.04. The molecule has 0 fully saturated rings. The average molecular weight is 263 g/mol. The van der Waals surface area contributed by atoms with Crippen LogP contribution in [0.25, 0.3) is 0 Å². The number of methoxy groups -OCH3 is 1. The van der Waals surface area contributed by atoms with E-state index in [1.54, 1.807) is 11.3 Å². The number of ether oxygens (including phenoxy) is 1. The predicted octanol–water partition coefficient (Wildman–Crippen LogP) is 3.18. The lowest BCUT2D eigenvalue weighted by atomic mass is 10.1. The number of rotatable bonds is 3. The third kappa shape index (κ3) is 3.12. The van der Waals surface area contributed by atoms with Gasteiger partial charge in [-0.25, -0.2) is 0 Å². The van der Waals surface area contributed by atoms with Gasteiger partial charge in [0.1, 0.15) is 0 Å². The highest BCUT2D eigenvalue weighted by atomic mass is 79.9. The summed E-state index contributed by atoms with van der Waals surface area (Å²) >= 11 is 5.04. The number of hydrogen-bond donors (Lipinski definition) is 0. The van der Waals surface area contributed by atoms with Gasteiger partial charge in [-0.1, -0.05) is 6.92 Å². The van der Waals surface area contributed by atoms with E-state index in [0.717, 1.165) is 3.79 Å². The molecule has 4 heteroatoms. The van der Waals surface area contributed by atoms with E-state index in [1.807, 2.05) is 19.1 Å². The summed E-state index contributed by atoms with van der Waals surface area (Å²) in [5, 5.41) is 0. The largest absolute Gasteiger partial charge is 0.469 e. The first-order chi connectivity index (χ1) is 6.13. The predicted molar refractivity (Wildman–Crippen MR) is 57.1 cm³/mol. The van der Waals surface area contributed by atoms with E-state index in [4.69, 9.17) is 0 Å². The molecule has 0 aromatic carbocycles. The highest BCUT2D eigenvalue weighted by Gasteiger charge is 2.12. The monoisotopic (exact) mass is 262 g/mol. The van der Waals surface area contributed by atoms with Crippen LogP contribution in [0.5, 0.6) is 0 Å². The molecule has 72 valence electrons. The first-order valence-corrected chi connectivity index (χ1v) is 5.56. The van der Waals surface area contributed by atoms with Crippen LogP contribution in [0.1, 0.15) is 24.1 Å². The van der Waals surface area contributed by atoms with Gasteiger partial charge in [0.2, 0.25) is 0 Å². The Kier molecular flexibility index (Phi) is 3.93. The van der Waals surface area contributed by atoms with Gasteiger partial charge in [0, 0.05) is 10.8 Å². The highest BCUT2D eigenvalue weighted by Crippen LogP contribution is 2.30. The summed E-state index contributed by atoms with van der Waals surface area (Å²) in [4.78, 5) is 12.2. The fraction of sp³-hybridized carbons (Fsp3) is 0.444. The molecule has 1 aromatic heterocycles. The second kappa shape index (κ2) is 4.77. The summed E-state index contributed by atoms with van der Waals surface area (Å²) in [6.07, 6.45) is 0.448. The number of carbonyl (C=O) groups excluding carboxylic acids is 1. The van der Waals surface area contributed by atoms with Crippen LogP contribution in [0.2, 0.25) is 0 Å². The highest BCUT2D eigenvalue weighted by molar-refractivity contribution is 9.11. The molecule has 1 unspecified atom stereocenters. The molecule has 0 saturated carbocycles. The molecular weight excluding hydrogens is 252 g/mol. The van der Waals surface area contributed by atoms with Crippen molar-refractivity contribution in [3.8, 4) is 0 Å². The molecule has 1 heterocycles. The number of halogens is 1. The second-order valence-corrected chi connectivity index (χ2v) is 5.32. The average Bonchev–Trinajstić information content (AvgIpc) is 2.51. The van der Waals surface area contributed by atoms with Gasteiger partial charge in [0.05, 0.1) is 17.3 Å². The Morgan fingerprint density at radius 3 is 2.85 bits per heavy atom. The molecule has 0 aliphatic heterocycles. The van der Waals surface area contributed by atoms with Crippen molar-refractivity contribution >= 4 is 33.2 Å². The molecule has 2 nitrogen and oxygen atoms in total. The van der Waals surface area contributed by atoms with Crippen LogP contribution in [-0.2, 0) is 9.53 Å². The van der Waals surface area contributed by atoms with Gasteiger partial charge in [-0.05, 0) is 28.1 Å². The minimum absolute atomic E-state index is 0.156. The third-order valence-corrected chi connectivity index (χ3v) is 3.64. The van der Waals surface area contributed by atoms with Crippen molar-refractivity contribution in [1.29, 1.82) is 0 Å². The fourth-order valence-electron chi connectivity index (χ4n) is 1.03. The van der Waals surface area contributed by atoms with E-state index in [-0.39, 0.29) is 11.9 Å². The van der Waals surface area contributed by atoms with Crippen LogP contribution >= 0.6 is 27.3 Å². The first-order valence-electron chi connectivity index (χ1n) is 3.95. The zero-order valence-electron chi connectivity index (χ0n) is 7.54. The van der Waals surface area contributed by atoms with Crippen LogP contribution in [0.4, 0.5) is 0 Å². The van der Waals surface area contributed by atoms with Crippen molar-refractivity contribution in [1.82, 2.24) is 0 Å². The van der Waals surface area contributed by atoms with Crippen molar-refractivity contribution in [3.63, 3.8) is 0 Å². The Hall–Kier alpha value is -0.350. The Bertz CT molecular complexity index is 296. The van der Waals surface area contributed by atoms with E-state index in [1.165, 1.54) is 12.0 Å². The third-order valence-electron chi connectivity index (χ3n) is 1.78. The summed E-state index contributed by atoms with van der Waals surface area (Å²) in [5.41, 5.74) is 0. The van der Waals surface area contributed by atoms with Crippen molar-refractivity contribution in [2.24, 2.45) is 0 Å². The Labute approximate surface area is 90.0 Å². The maximum atomic E-state index is 11.0. The van der Waals surface area contributed by atoms with Crippen molar-refractivity contribution < 1.29 is 9.53 Å². The van der Waals surface area contributed by atoms with Gasteiger partial charge in [0.25, 0.3) is 0 Å². The lowest BCUT2D eigenvalue weighted by Gasteiger charge is -2.06. The maximum Gasteiger partial charge on any atom is 0.306 e. The molecule has 1 rings (SSSR count). The second-order valence-electron chi connectivity index (χ2n) is 2.82. The van der Waals surface area contributed by atoms with Gasteiger partial charge in [-0.15, -0.1) is 11.3 Å². The summed E-state index contributed by atoms with van der Waals surface area (Å²) in [6, 6.07) is 4.02. The zero-order chi connectivity index (χ0) is 9.84. The summed E-state index contributed by atoms with van der Waals surface area (Å²) in [6.45, 7) is 2.02. The van der Waals surface area contributed by atoms with E-state index in [2.05, 4.69) is 20.7 Å². The van der Waals surface area contributed by atoms with Crippen LogP contribution in [-0.4, -0.2) is 13.1 Å². The van der Waals surface area contributed by atoms with E-state index >= 15 is 0 Å². The Morgan fingerprint density at radius 2 is 2.38 bits per heavy atom. The van der Waals surface area contributed by atoms with E-state index in [9.17, 15) is 4.79 Å². The van der Waals surface area contributed by atoms with Crippen LogP contribution in [0.3, 0.4) is 0 Å². The molecule has 0 amide bonds. The standard InChI is InChI=1S/C9H11BrO2S/c1-6(5-9(11)12-2)7-3-4-8(10)13-7/h3-4,6H,5H2,1-2H3. The number of esters is 1. The molecule has 0 aliphatic rings. The molecule has 1 aromatic rings. The van der Waals surface area contributed by atoms with Crippen LogP contribution < -0.4 is 0 Å². The molecule has 0 bridgehead atoms. The van der Waals surface area contributed by atoms with Gasteiger partial charge in [-0.3, -0.25) is 4.79 Å². The first kappa shape index (κ1) is 10.7. The zero-order valence-corrected chi connectivity index (χ0v) is 9.94. The molecule has 0 saturated heterocycles. The van der Waals surface area contributed by atoms with E-state index < -0.39 is 0 Å². The van der Waals surface area contributed by atoms with Gasteiger partial charge < -0.3 is 4.74 Å². The molecule has 0 N–H and O–H groups in total. The normalized spacial score (nSPS) is 12.5. The molecule has 13 heavy (non-hydrogen) atoms. The number of thiophene rings is 1. The quantitative estimate of drug-likeness (QED) is 0.783. The van der Waals surface area contributed by atoms with Crippen molar-refractivity contribution in [2.45, 2.75) is 19.3 Å². The van der Waals surface area contributed by atoms with Crippen molar-refractivity contribution in [2.75, 3.05) is 7.11 Å². The molecular formula is C9H11BrO2S. The summed E-state index contributed by atoms with van der Waals surface area (Å²) in [5.74, 6) is 0.0840. The molecule has 1 atom stereocenters. The molecule has 0 spiro atoms. The number of carbonyl (C=O) groups is 1. The Morgan fingerprint density at radius 1 is 1.69 bits per heavy atom. The molecule has 0 radical (unpaired) electrons. The topological polar surface area (TPSA) is 26.3 Å². The van der Waals surface area contributed by atoms with Gasteiger partial charge in [0.15, 0.2) is 0 Å². The minimum atomic E-state index is -0.156. The minimum Gasteiger partial charge on any atom is -0.469 e. The van der Waals surface area contributed by atoms with E-state index in [0.29, 0.717) is 6.42 Å². The summed E-state index contributed by atoms with van der Waals surface area (Å²) in [7, 11) is 1.42. The Balaban J connectivity index is 2.58. The van der Waals surface area contributed by atoms with Crippen molar-refractivity contribution in [3.05, 3.63) is 20.8 Å². The number of hydrogen-bond acceptors (Lipinski definition) is 3. The maximum absolute atomic E-state index is 11.0. The van der Waals surface area contributed by atoms with Crippen LogP contribution in [0.15, 0.2) is 15.9 Å². The summed E-state index contributed by atoms with van der Waals surface area (Å²) < 4.78 is 5.70. The van der Waals surface area contributed by atoms with Gasteiger partial charge >= 0.3 is 5.97 Å². The van der Waals surface area contributed by atoms with Gasteiger partial charge in [-0.2, -0.15) is 0 Å². The SMILES string of the molecule is COC(=O)CC(C)c1ccc(Br)s1. The molecule has 0 aliphatic carbocycles.